The fourth-order valence-electron chi connectivity index (χ4n) is 4.28. The summed E-state index contributed by atoms with van der Waals surface area (Å²) in [7, 11) is 0. The number of hydrogen-bond donors (Lipinski definition) is 1. The summed E-state index contributed by atoms with van der Waals surface area (Å²) < 4.78 is 17.5. The maximum atomic E-state index is 13.6. The van der Waals surface area contributed by atoms with Crippen molar-refractivity contribution in [1.29, 1.82) is 0 Å². The van der Waals surface area contributed by atoms with E-state index in [4.69, 9.17) is 12.2 Å². The lowest BCUT2D eigenvalue weighted by atomic mass is 9.96. The van der Waals surface area contributed by atoms with Crippen molar-refractivity contribution in [2.24, 2.45) is 0 Å². The van der Waals surface area contributed by atoms with Crippen LogP contribution in [0.25, 0.3) is 0 Å². The van der Waals surface area contributed by atoms with Gasteiger partial charge in [-0.2, -0.15) is 0 Å². The van der Waals surface area contributed by atoms with E-state index in [0.29, 0.717) is 5.11 Å². The number of thiocarbonyl (C=S) groups is 1. The van der Waals surface area contributed by atoms with Gasteiger partial charge in [-0.05, 0) is 68.5 Å². The van der Waals surface area contributed by atoms with Crippen molar-refractivity contribution in [2.45, 2.75) is 25.9 Å². The maximum Gasteiger partial charge on any atom is 0.174 e. The molecule has 0 saturated carbocycles. The third-order valence-corrected chi connectivity index (χ3v) is 5.91. The van der Waals surface area contributed by atoms with Gasteiger partial charge in [0.25, 0.3) is 0 Å². The molecule has 4 heterocycles. The predicted molar refractivity (Wildman–Crippen MR) is 119 cm³/mol. The van der Waals surface area contributed by atoms with E-state index in [2.05, 4.69) is 38.2 Å². The number of nitrogens with zero attached hydrogens (tertiary/aromatic N) is 6. The second kappa shape index (κ2) is 7.59. The molecule has 9 heteroatoms. The van der Waals surface area contributed by atoms with Crippen LogP contribution in [-0.2, 0) is 0 Å². The molecular weight excluding hydrogens is 413 g/mol. The minimum Gasteiger partial charge on any atom is -0.351 e. The van der Waals surface area contributed by atoms with E-state index in [1.165, 1.54) is 12.1 Å². The molecule has 4 aromatic rings. The molecule has 0 bridgehead atoms. The summed E-state index contributed by atoms with van der Waals surface area (Å²) in [5, 5.41) is 11.9. The Bertz CT molecular complexity index is 1220. The minimum absolute atomic E-state index is 0.173. The highest BCUT2D eigenvalue weighted by molar-refractivity contribution is 7.80. The molecule has 0 spiro atoms. The first-order valence-corrected chi connectivity index (χ1v) is 10.3. The minimum atomic E-state index is -0.287. The van der Waals surface area contributed by atoms with E-state index in [-0.39, 0.29) is 17.9 Å². The number of benzene rings is 1. The van der Waals surface area contributed by atoms with Gasteiger partial charge >= 0.3 is 0 Å². The Morgan fingerprint density at radius 1 is 1.03 bits per heavy atom. The molecule has 1 aliphatic rings. The monoisotopic (exact) mass is 433 g/mol. The van der Waals surface area contributed by atoms with Crippen LogP contribution in [0.5, 0.6) is 0 Å². The highest BCUT2D eigenvalue weighted by Crippen LogP contribution is 2.43. The summed E-state index contributed by atoms with van der Waals surface area (Å²) in [4.78, 5) is 6.62. The molecule has 31 heavy (non-hydrogen) atoms. The molecule has 0 unspecified atom stereocenters. The van der Waals surface area contributed by atoms with E-state index in [9.17, 15) is 4.39 Å². The smallest absolute Gasteiger partial charge is 0.174 e. The third kappa shape index (κ3) is 3.27. The molecule has 0 amide bonds. The van der Waals surface area contributed by atoms with Crippen molar-refractivity contribution in [1.82, 2.24) is 29.9 Å². The molecule has 1 aromatic carbocycles. The zero-order valence-corrected chi connectivity index (χ0v) is 17.8. The fraction of sp³-hybridized carbons (Fsp3) is 0.182. The van der Waals surface area contributed by atoms with Gasteiger partial charge in [0.15, 0.2) is 5.11 Å². The van der Waals surface area contributed by atoms with Crippen molar-refractivity contribution in [2.75, 3.05) is 4.90 Å². The molecule has 7 nitrogen and oxygen atoms in total. The number of anilines is 1. The van der Waals surface area contributed by atoms with Gasteiger partial charge in [-0.15, -0.1) is 10.2 Å². The fourth-order valence-corrected chi connectivity index (χ4v) is 4.63. The molecule has 1 aliphatic heterocycles. The third-order valence-electron chi connectivity index (χ3n) is 5.59. The zero-order chi connectivity index (χ0) is 21.5. The van der Waals surface area contributed by atoms with Crippen molar-refractivity contribution in [3.8, 4) is 0 Å². The summed E-state index contributed by atoms with van der Waals surface area (Å²) in [5.74, 6) is -0.287. The molecule has 1 fully saturated rings. The van der Waals surface area contributed by atoms with Crippen LogP contribution in [0.4, 0.5) is 10.1 Å². The van der Waals surface area contributed by atoms with E-state index in [0.717, 1.165) is 28.3 Å². The Kier molecular flexibility index (Phi) is 4.74. The molecule has 5 rings (SSSR count). The normalized spacial score (nSPS) is 18.4. The van der Waals surface area contributed by atoms with Crippen LogP contribution >= 0.6 is 12.2 Å². The number of pyridine rings is 1. The number of aromatic nitrogens is 5. The first kappa shape index (κ1) is 19.4. The van der Waals surface area contributed by atoms with Gasteiger partial charge in [0, 0.05) is 28.8 Å². The Morgan fingerprint density at radius 3 is 2.45 bits per heavy atom. The van der Waals surface area contributed by atoms with Crippen LogP contribution in [0.2, 0.25) is 0 Å². The molecule has 2 atom stereocenters. The van der Waals surface area contributed by atoms with E-state index < -0.39 is 0 Å². The Labute approximate surface area is 184 Å². The molecular formula is C22H20FN7S. The average Bonchev–Trinajstić information content (AvgIpc) is 3.47. The van der Waals surface area contributed by atoms with E-state index >= 15 is 0 Å². The molecule has 1 saturated heterocycles. The molecule has 3 aromatic heterocycles. The quantitative estimate of drug-likeness (QED) is 0.495. The van der Waals surface area contributed by atoms with E-state index in [1.807, 2.05) is 34.7 Å². The van der Waals surface area contributed by atoms with Crippen molar-refractivity contribution in [3.63, 3.8) is 0 Å². The van der Waals surface area contributed by atoms with Crippen LogP contribution in [0.3, 0.4) is 0 Å². The van der Waals surface area contributed by atoms with Gasteiger partial charge < -0.3 is 10.2 Å². The highest BCUT2D eigenvalue weighted by atomic mass is 32.1. The summed E-state index contributed by atoms with van der Waals surface area (Å²) in [6.45, 7) is 4.09. The van der Waals surface area contributed by atoms with Crippen LogP contribution in [0, 0.1) is 19.7 Å². The topological polar surface area (TPSA) is 63.8 Å². The first-order chi connectivity index (χ1) is 15.0. The Balaban J connectivity index is 1.68. The maximum absolute atomic E-state index is 13.6. The number of rotatable bonds is 4. The van der Waals surface area contributed by atoms with E-state index in [1.54, 1.807) is 31.0 Å². The van der Waals surface area contributed by atoms with Crippen LogP contribution < -0.4 is 10.2 Å². The molecule has 1 N–H and O–H groups in total. The van der Waals surface area contributed by atoms with Crippen LogP contribution in [0.15, 0.2) is 67.4 Å². The number of nitrogens with one attached hydrogen (secondary N) is 1. The van der Waals surface area contributed by atoms with Crippen LogP contribution in [-0.4, -0.2) is 29.6 Å². The number of hydrogen-bond acceptors (Lipinski definition) is 4. The number of aryl methyl sites for hydroxylation is 1. The van der Waals surface area contributed by atoms with Gasteiger partial charge in [-0.1, -0.05) is 6.07 Å². The van der Waals surface area contributed by atoms with Crippen LogP contribution in [0.1, 0.15) is 34.7 Å². The van der Waals surface area contributed by atoms with Gasteiger partial charge in [0.1, 0.15) is 18.5 Å². The van der Waals surface area contributed by atoms with Gasteiger partial charge in [0.2, 0.25) is 0 Å². The first-order valence-electron chi connectivity index (χ1n) is 9.85. The van der Waals surface area contributed by atoms with Gasteiger partial charge in [0.05, 0.1) is 17.8 Å². The standard InChI is InChI=1S/C22H20FN7S/c1-14-11-18(15(2)30(14)28-12-25-26-13-28)21-20(19-5-3-4-10-24-19)27-22(31)29(21)17-8-6-16(23)7-9-17/h3-13,20-21H,1-2H3,(H,27,31)/t20-,21-/m1/s1. The van der Waals surface area contributed by atoms with Crippen molar-refractivity contribution in [3.05, 3.63) is 95.8 Å². The average molecular weight is 434 g/mol. The lowest BCUT2D eigenvalue weighted by Crippen LogP contribution is -2.29. The molecule has 156 valence electrons. The zero-order valence-electron chi connectivity index (χ0n) is 17.0. The number of halogens is 1. The van der Waals surface area contributed by atoms with Gasteiger partial charge in [-0.25, -0.2) is 9.07 Å². The lowest BCUT2D eigenvalue weighted by Gasteiger charge is -2.28. The van der Waals surface area contributed by atoms with Crippen molar-refractivity contribution >= 4 is 23.0 Å². The Hall–Kier alpha value is -3.59. The largest absolute Gasteiger partial charge is 0.351 e. The highest BCUT2D eigenvalue weighted by Gasteiger charge is 2.42. The Morgan fingerprint density at radius 2 is 1.77 bits per heavy atom. The van der Waals surface area contributed by atoms with Crippen molar-refractivity contribution < 1.29 is 4.39 Å². The second-order valence-corrected chi connectivity index (χ2v) is 7.84. The molecule has 0 aliphatic carbocycles. The second-order valence-electron chi connectivity index (χ2n) is 7.45. The SMILES string of the molecule is Cc1cc([C@@H]2[C@@H](c3ccccn3)NC(=S)N2c2ccc(F)cc2)c(C)n1-n1cnnc1. The summed E-state index contributed by atoms with van der Waals surface area (Å²) in [6, 6.07) is 14.0. The van der Waals surface area contributed by atoms with Gasteiger partial charge in [-0.3, -0.25) is 9.66 Å². The summed E-state index contributed by atoms with van der Waals surface area (Å²) >= 11 is 5.73. The lowest BCUT2D eigenvalue weighted by molar-refractivity contribution is 0.557. The summed E-state index contributed by atoms with van der Waals surface area (Å²) in [6.07, 6.45) is 5.10. The predicted octanol–water partition coefficient (Wildman–Crippen LogP) is 3.72. The summed E-state index contributed by atoms with van der Waals surface area (Å²) in [5.41, 5.74) is 4.84. The molecule has 0 radical (unpaired) electrons.